The SMILES string of the molecule is COCCOC(=O)CC1C(=O)NCCN1C(=O)c1cccc(OCCc2ccccc2)c1. The lowest BCUT2D eigenvalue weighted by Crippen LogP contribution is -2.57. The molecule has 1 unspecified atom stereocenters. The zero-order valence-corrected chi connectivity index (χ0v) is 18.1. The van der Waals surface area contributed by atoms with E-state index in [0.29, 0.717) is 31.0 Å². The average Bonchev–Trinajstić information content (AvgIpc) is 2.81. The fourth-order valence-corrected chi connectivity index (χ4v) is 3.43. The molecule has 2 amide bonds. The van der Waals surface area contributed by atoms with Crippen molar-refractivity contribution in [2.45, 2.75) is 18.9 Å². The van der Waals surface area contributed by atoms with E-state index in [1.165, 1.54) is 17.6 Å². The second kappa shape index (κ2) is 11.9. The second-order valence-corrected chi connectivity index (χ2v) is 7.33. The number of nitrogens with zero attached hydrogens (tertiary/aromatic N) is 1. The van der Waals surface area contributed by atoms with Crippen LogP contribution in [-0.4, -0.2) is 68.7 Å². The van der Waals surface area contributed by atoms with Gasteiger partial charge in [-0.3, -0.25) is 14.4 Å². The van der Waals surface area contributed by atoms with Crippen LogP contribution in [0, 0.1) is 0 Å². The van der Waals surface area contributed by atoms with Crippen molar-refractivity contribution in [3.05, 3.63) is 65.7 Å². The largest absolute Gasteiger partial charge is 0.493 e. The minimum absolute atomic E-state index is 0.0972. The van der Waals surface area contributed by atoms with E-state index in [0.717, 1.165) is 6.42 Å². The van der Waals surface area contributed by atoms with Crippen LogP contribution in [0.5, 0.6) is 5.75 Å². The van der Waals surface area contributed by atoms with Gasteiger partial charge < -0.3 is 24.4 Å². The summed E-state index contributed by atoms with van der Waals surface area (Å²) in [7, 11) is 1.50. The number of carbonyl (C=O) groups excluding carboxylic acids is 3. The number of hydrogen-bond acceptors (Lipinski definition) is 6. The molecule has 1 aliphatic rings. The van der Waals surface area contributed by atoms with Crippen LogP contribution in [0.25, 0.3) is 0 Å². The van der Waals surface area contributed by atoms with Gasteiger partial charge in [-0.1, -0.05) is 36.4 Å². The average molecular weight is 440 g/mol. The Morgan fingerprint density at radius 2 is 1.88 bits per heavy atom. The lowest BCUT2D eigenvalue weighted by molar-refractivity contribution is -0.148. The summed E-state index contributed by atoms with van der Waals surface area (Å²) in [6.07, 6.45) is 0.535. The Morgan fingerprint density at radius 1 is 1.06 bits per heavy atom. The molecule has 8 nitrogen and oxygen atoms in total. The van der Waals surface area contributed by atoms with Gasteiger partial charge in [0.2, 0.25) is 5.91 Å². The maximum atomic E-state index is 13.2. The van der Waals surface area contributed by atoms with Crippen LogP contribution in [-0.2, 0) is 25.5 Å². The molecule has 32 heavy (non-hydrogen) atoms. The third-order valence-corrected chi connectivity index (χ3v) is 5.09. The van der Waals surface area contributed by atoms with Crippen LogP contribution in [0.3, 0.4) is 0 Å². The molecule has 170 valence electrons. The molecule has 1 aliphatic heterocycles. The van der Waals surface area contributed by atoms with Gasteiger partial charge in [0.15, 0.2) is 0 Å². The predicted octanol–water partition coefficient (Wildman–Crippen LogP) is 1.83. The molecule has 1 saturated heterocycles. The van der Waals surface area contributed by atoms with Crippen molar-refractivity contribution in [2.24, 2.45) is 0 Å². The molecule has 3 rings (SSSR count). The van der Waals surface area contributed by atoms with Crippen molar-refractivity contribution in [1.29, 1.82) is 0 Å². The summed E-state index contributed by atoms with van der Waals surface area (Å²) < 4.78 is 15.7. The van der Waals surface area contributed by atoms with Gasteiger partial charge in [0.25, 0.3) is 5.91 Å². The Kier molecular flexibility index (Phi) is 8.62. The number of carbonyl (C=O) groups is 3. The third-order valence-electron chi connectivity index (χ3n) is 5.09. The predicted molar refractivity (Wildman–Crippen MR) is 117 cm³/mol. The summed E-state index contributed by atoms with van der Waals surface area (Å²) in [5, 5.41) is 2.71. The summed E-state index contributed by atoms with van der Waals surface area (Å²) in [5.41, 5.74) is 1.56. The zero-order chi connectivity index (χ0) is 22.8. The van der Waals surface area contributed by atoms with Crippen LogP contribution in [0.2, 0.25) is 0 Å². The normalized spacial score (nSPS) is 15.7. The molecule has 1 N–H and O–H groups in total. The number of rotatable bonds is 10. The van der Waals surface area contributed by atoms with E-state index < -0.39 is 12.0 Å². The molecule has 0 aromatic heterocycles. The van der Waals surface area contributed by atoms with E-state index in [1.807, 2.05) is 30.3 Å². The van der Waals surface area contributed by atoms with Crippen LogP contribution in [0.15, 0.2) is 54.6 Å². The Balaban J connectivity index is 1.63. The summed E-state index contributed by atoms with van der Waals surface area (Å²) in [4.78, 5) is 39.1. The number of amides is 2. The third kappa shape index (κ3) is 6.55. The summed E-state index contributed by atoms with van der Waals surface area (Å²) in [5.74, 6) is -0.685. The van der Waals surface area contributed by atoms with Crippen LogP contribution < -0.4 is 10.1 Å². The Hall–Kier alpha value is -3.39. The number of benzene rings is 2. The highest BCUT2D eigenvalue weighted by Crippen LogP contribution is 2.19. The van der Waals surface area contributed by atoms with E-state index in [-0.39, 0.29) is 31.4 Å². The van der Waals surface area contributed by atoms with Crippen molar-refractivity contribution in [2.75, 3.05) is 40.0 Å². The van der Waals surface area contributed by atoms with Gasteiger partial charge >= 0.3 is 5.97 Å². The molecule has 0 radical (unpaired) electrons. The first-order valence-electron chi connectivity index (χ1n) is 10.6. The van der Waals surface area contributed by atoms with E-state index in [1.54, 1.807) is 24.3 Å². The minimum atomic E-state index is -0.922. The highest BCUT2D eigenvalue weighted by Gasteiger charge is 2.35. The number of esters is 1. The Morgan fingerprint density at radius 3 is 2.66 bits per heavy atom. The van der Waals surface area contributed by atoms with Crippen LogP contribution >= 0.6 is 0 Å². The first kappa shape index (κ1) is 23.3. The van der Waals surface area contributed by atoms with Gasteiger partial charge in [-0.25, -0.2) is 0 Å². The topological polar surface area (TPSA) is 94.2 Å². The Labute approximate surface area is 187 Å². The monoisotopic (exact) mass is 440 g/mol. The highest BCUT2D eigenvalue weighted by atomic mass is 16.6. The van der Waals surface area contributed by atoms with E-state index in [2.05, 4.69) is 5.32 Å². The van der Waals surface area contributed by atoms with Crippen molar-refractivity contribution in [1.82, 2.24) is 10.2 Å². The first-order valence-corrected chi connectivity index (χ1v) is 10.6. The summed E-state index contributed by atoms with van der Waals surface area (Å²) in [6.45, 7) is 1.47. The lowest BCUT2D eigenvalue weighted by atomic mass is 10.1. The smallest absolute Gasteiger partial charge is 0.308 e. The number of methoxy groups -OCH3 is 1. The molecule has 8 heteroatoms. The molecule has 0 bridgehead atoms. The lowest BCUT2D eigenvalue weighted by Gasteiger charge is -2.34. The minimum Gasteiger partial charge on any atom is -0.493 e. The van der Waals surface area contributed by atoms with Gasteiger partial charge in [0, 0.05) is 32.2 Å². The number of nitrogens with one attached hydrogen (secondary N) is 1. The van der Waals surface area contributed by atoms with Crippen molar-refractivity contribution < 1.29 is 28.6 Å². The number of piperazine rings is 1. The zero-order valence-electron chi connectivity index (χ0n) is 18.1. The van der Waals surface area contributed by atoms with Gasteiger partial charge in [-0.15, -0.1) is 0 Å². The molecule has 1 fully saturated rings. The fourth-order valence-electron chi connectivity index (χ4n) is 3.43. The van der Waals surface area contributed by atoms with Gasteiger partial charge in [-0.05, 0) is 23.8 Å². The molecule has 0 spiro atoms. The number of ether oxygens (including phenoxy) is 3. The quantitative estimate of drug-likeness (QED) is 0.448. The van der Waals surface area contributed by atoms with Crippen molar-refractivity contribution in [3.8, 4) is 5.75 Å². The second-order valence-electron chi connectivity index (χ2n) is 7.33. The number of hydrogen-bond donors (Lipinski definition) is 1. The molecule has 2 aromatic carbocycles. The Bertz CT molecular complexity index is 918. The van der Waals surface area contributed by atoms with E-state index in [4.69, 9.17) is 14.2 Å². The van der Waals surface area contributed by atoms with Gasteiger partial charge in [0.05, 0.1) is 19.6 Å². The molecule has 1 atom stereocenters. The molecule has 0 saturated carbocycles. The standard InChI is InChI=1S/C24H28N2O6/c1-30-14-15-32-22(27)17-21-23(28)25-11-12-26(21)24(29)19-8-5-9-20(16-19)31-13-10-18-6-3-2-4-7-18/h2-9,16,21H,10-15,17H2,1H3,(H,25,28). The van der Waals surface area contributed by atoms with Crippen LogP contribution in [0.1, 0.15) is 22.3 Å². The maximum absolute atomic E-state index is 13.2. The first-order chi connectivity index (χ1) is 15.6. The molecule has 2 aromatic rings. The fraction of sp³-hybridized carbons (Fsp3) is 0.375. The van der Waals surface area contributed by atoms with E-state index >= 15 is 0 Å². The molecular formula is C24H28N2O6. The van der Waals surface area contributed by atoms with Crippen molar-refractivity contribution >= 4 is 17.8 Å². The van der Waals surface area contributed by atoms with Gasteiger partial charge in [-0.2, -0.15) is 0 Å². The summed E-state index contributed by atoms with van der Waals surface area (Å²) in [6, 6.07) is 15.9. The molecular weight excluding hydrogens is 412 g/mol. The van der Waals surface area contributed by atoms with Crippen LogP contribution in [0.4, 0.5) is 0 Å². The molecule has 0 aliphatic carbocycles. The van der Waals surface area contributed by atoms with Gasteiger partial charge in [0.1, 0.15) is 18.4 Å². The van der Waals surface area contributed by atoms with Crippen molar-refractivity contribution in [3.63, 3.8) is 0 Å². The molecule has 1 heterocycles. The van der Waals surface area contributed by atoms with E-state index in [9.17, 15) is 14.4 Å². The highest BCUT2D eigenvalue weighted by molar-refractivity contribution is 5.99. The maximum Gasteiger partial charge on any atom is 0.308 e. The summed E-state index contributed by atoms with van der Waals surface area (Å²) >= 11 is 0.